The second-order valence-electron chi connectivity index (χ2n) is 4.72. The van der Waals surface area contributed by atoms with Crippen molar-refractivity contribution in [2.45, 2.75) is 26.8 Å². The molecule has 0 aliphatic carbocycles. The molecule has 0 aromatic carbocycles. The third-order valence-corrected chi connectivity index (χ3v) is 4.61. The molecule has 0 aromatic heterocycles. The van der Waals surface area contributed by atoms with E-state index in [2.05, 4.69) is 50.1 Å². The van der Waals surface area contributed by atoms with Crippen LogP contribution in [0.4, 0.5) is 0 Å². The minimum Gasteiger partial charge on any atom is -0.298 e. The maximum Gasteiger partial charge on any atom is 0.0158 e. The lowest BCUT2D eigenvalue weighted by atomic mass is 9.95. The summed E-state index contributed by atoms with van der Waals surface area (Å²) in [5.74, 6) is 3.57. The van der Waals surface area contributed by atoms with E-state index >= 15 is 0 Å². The molecule has 0 aromatic rings. The monoisotopic (exact) mass is 219 g/mol. The van der Waals surface area contributed by atoms with E-state index in [-0.39, 0.29) is 0 Å². The summed E-state index contributed by atoms with van der Waals surface area (Å²) in [6.07, 6.45) is 0. The average Bonchev–Trinajstić information content (AvgIpc) is 2.09. The lowest BCUT2D eigenvalue weighted by molar-refractivity contribution is 0.165. The second-order valence-corrected chi connectivity index (χ2v) is 6.18. The van der Waals surface area contributed by atoms with Gasteiger partial charge in [-0.25, -0.2) is 0 Å². The number of rotatable bonds is 3. The van der Waals surface area contributed by atoms with Crippen molar-refractivity contribution >= 4 is 24.4 Å². The zero-order chi connectivity index (χ0) is 9.90. The van der Waals surface area contributed by atoms with Gasteiger partial charge in [0.05, 0.1) is 0 Å². The highest BCUT2D eigenvalue weighted by molar-refractivity contribution is 7.99. The van der Waals surface area contributed by atoms with Crippen LogP contribution in [-0.2, 0) is 0 Å². The highest BCUT2D eigenvalue weighted by Crippen LogP contribution is 2.23. The quantitative estimate of drug-likeness (QED) is 0.726. The van der Waals surface area contributed by atoms with Crippen LogP contribution >= 0.6 is 24.4 Å². The molecule has 1 fully saturated rings. The third-order valence-electron chi connectivity index (χ3n) is 2.56. The summed E-state index contributed by atoms with van der Waals surface area (Å²) in [4.78, 5) is 2.60. The molecule has 1 aliphatic rings. The van der Waals surface area contributed by atoms with E-state index in [1.54, 1.807) is 0 Å². The molecular weight excluding hydrogens is 198 g/mol. The predicted molar refractivity (Wildman–Crippen MR) is 66.0 cm³/mol. The van der Waals surface area contributed by atoms with Crippen LogP contribution < -0.4 is 0 Å². The van der Waals surface area contributed by atoms with Gasteiger partial charge in [-0.05, 0) is 18.1 Å². The number of thioether (sulfide) groups is 1. The Kier molecular flexibility index (Phi) is 4.46. The molecule has 0 spiro atoms. The van der Waals surface area contributed by atoms with Crippen LogP contribution in [-0.4, -0.2) is 41.3 Å². The zero-order valence-corrected chi connectivity index (χ0v) is 10.6. The van der Waals surface area contributed by atoms with Gasteiger partial charge in [0.1, 0.15) is 0 Å². The Morgan fingerprint density at radius 1 is 1.54 bits per heavy atom. The van der Waals surface area contributed by atoms with Gasteiger partial charge in [-0.1, -0.05) is 13.8 Å². The predicted octanol–water partition coefficient (Wildman–Crippen LogP) is 2.38. The van der Waals surface area contributed by atoms with Crippen LogP contribution in [0.25, 0.3) is 0 Å². The molecule has 1 aliphatic heterocycles. The first-order valence-corrected chi connectivity index (χ1v) is 6.76. The molecule has 1 heterocycles. The fraction of sp³-hybridized carbons (Fsp3) is 1.00. The van der Waals surface area contributed by atoms with E-state index in [0.29, 0.717) is 5.41 Å². The first kappa shape index (κ1) is 11.7. The van der Waals surface area contributed by atoms with Crippen LogP contribution in [0.3, 0.4) is 0 Å². The van der Waals surface area contributed by atoms with Gasteiger partial charge >= 0.3 is 0 Å². The van der Waals surface area contributed by atoms with Crippen molar-refractivity contribution in [1.29, 1.82) is 0 Å². The minimum atomic E-state index is 0.360. The van der Waals surface area contributed by atoms with Gasteiger partial charge in [0, 0.05) is 30.6 Å². The largest absolute Gasteiger partial charge is 0.298 e. The Hall–Kier alpha value is 0.660. The Bertz CT molecular complexity index is 159. The molecule has 1 atom stereocenters. The lowest BCUT2D eigenvalue weighted by Crippen LogP contribution is -2.45. The summed E-state index contributed by atoms with van der Waals surface area (Å²) >= 11 is 6.48. The Morgan fingerprint density at radius 3 is 2.77 bits per heavy atom. The molecule has 1 nitrogen and oxygen atoms in total. The van der Waals surface area contributed by atoms with Crippen LogP contribution in [0.5, 0.6) is 0 Å². The third kappa shape index (κ3) is 3.72. The van der Waals surface area contributed by atoms with E-state index in [4.69, 9.17) is 0 Å². The molecule has 1 unspecified atom stereocenters. The van der Waals surface area contributed by atoms with Crippen LogP contribution in [0.15, 0.2) is 0 Å². The van der Waals surface area contributed by atoms with Gasteiger partial charge in [0.2, 0.25) is 0 Å². The normalized spacial score (nSPS) is 26.3. The standard InChI is InChI=1S/C10H21NS2/c1-9-6-13-5-4-11(9)7-10(2,3)8-12/h9,12H,4-8H2,1-3H3. The van der Waals surface area contributed by atoms with E-state index in [1.807, 2.05) is 0 Å². The second kappa shape index (κ2) is 4.94. The van der Waals surface area contributed by atoms with Crippen LogP contribution in [0.2, 0.25) is 0 Å². The highest BCUT2D eigenvalue weighted by Gasteiger charge is 2.25. The Balaban J connectivity index is 2.42. The fourth-order valence-corrected chi connectivity index (χ4v) is 2.78. The summed E-state index contributed by atoms with van der Waals surface area (Å²) in [5.41, 5.74) is 0.360. The van der Waals surface area contributed by atoms with Gasteiger partial charge in [0.25, 0.3) is 0 Å². The summed E-state index contributed by atoms with van der Waals surface area (Å²) in [5, 5.41) is 0. The van der Waals surface area contributed by atoms with E-state index in [9.17, 15) is 0 Å². The molecule has 0 radical (unpaired) electrons. The molecule has 0 N–H and O–H groups in total. The number of thiol groups is 1. The molecular formula is C10H21NS2. The SMILES string of the molecule is CC1CSCCN1CC(C)(C)CS. The van der Waals surface area contributed by atoms with Crippen molar-refractivity contribution in [3.8, 4) is 0 Å². The number of hydrogen-bond donors (Lipinski definition) is 1. The summed E-state index contributed by atoms with van der Waals surface area (Å²) in [7, 11) is 0. The smallest absolute Gasteiger partial charge is 0.0158 e. The molecule has 13 heavy (non-hydrogen) atoms. The van der Waals surface area contributed by atoms with E-state index < -0.39 is 0 Å². The number of hydrogen-bond acceptors (Lipinski definition) is 3. The van der Waals surface area contributed by atoms with E-state index in [1.165, 1.54) is 24.6 Å². The number of nitrogens with zero attached hydrogens (tertiary/aromatic N) is 1. The maximum atomic E-state index is 4.40. The lowest BCUT2D eigenvalue weighted by Gasteiger charge is -2.38. The van der Waals surface area contributed by atoms with Crippen molar-refractivity contribution in [1.82, 2.24) is 4.90 Å². The molecule has 3 heteroatoms. The van der Waals surface area contributed by atoms with Crippen LogP contribution in [0.1, 0.15) is 20.8 Å². The maximum absolute atomic E-state index is 4.40. The van der Waals surface area contributed by atoms with Gasteiger partial charge in [-0.2, -0.15) is 24.4 Å². The fourth-order valence-electron chi connectivity index (χ4n) is 1.60. The summed E-state index contributed by atoms with van der Waals surface area (Å²) in [6, 6.07) is 0.748. The van der Waals surface area contributed by atoms with Crippen LogP contribution in [0, 0.1) is 5.41 Å². The molecule has 0 amide bonds. The Morgan fingerprint density at radius 2 is 2.23 bits per heavy atom. The molecule has 0 bridgehead atoms. The van der Waals surface area contributed by atoms with Gasteiger partial charge in [-0.3, -0.25) is 4.90 Å². The average molecular weight is 219 g/mol. The van der Waals surface area contributed by atoms with Crippen molar-refractivity contribution < 1.29 is 0 Å². The minimum absolute atomic E-state index is 0.360. The topological polar surface area (TPSA) is 3.24 Å². The highest BCUT2D eigenvalue weighted by atomic mass is 32.2. The molecule has 1 rings (SSSR count). The molecule has 78 valence electrons. The van der Waals surface area contributed by atoms with Crippen molar-refractivity contribution in [2.75, 3.05) is 30.3 Å². The Labute approximate surface area is 92.1 Å². The zero-order valence-electron chi connectivity index (χ0n) is 8.92. The van der Waals surface area contributed by atoms with Crippen molar-refractivity contribution in [2.24, 2.45) is 5.41 Å². The van der Waals surface area contributed by atoms with Gasteiger partial charge < -0.3 is 0 Å². The van der Waals surface area contributed by atoms with Gasteiger partial charge in [-0.15, -0.1) is 0 Å². The summed E-state index contributed by atoms with van der Waals surface area (Å²) < 4.78 is 0. The van der Waals surface area contributed by atoms with Gasteiger partial charge in [0.15, 0.2) is 0 Å². The van der Waals surface area contributed by atoms with Crippen molar-refractivity contribution in [3.05, 3.63) is 0 Å². The first-order chi connectivity index (χ1) is 6.05. The van der Waals surface area contributed by atoms with E-state index in [0.717, 1.165) is 11.8 Å². The molecule has 0 saturated carbocycles. The first-order valence-electron chi connectivity index (χ1n) is 4.98. The molecule has 1 saturated heterocycles. The van der Waals surface area contributed by atoms with Crippen molar-refractivity contribution in [3.63, 3.8) is 0 Å². The summed E-state index contributed by atoms with van der Waals surface area (Å²) in [6.45, 7) is 9.38.